The number of halogens is 2. The van der Waals surface area contributed by atoms with Crippen molar-refractivity contribution in [3.8, 4) is 0 Å². The van der Waals surface area contributed by atoms with E-state index in [1.54, 1.807) is 12.1 Å². The van der Waals surface area contributed by atoms with Crippen LogP contribution in [0, 0.1) is 0 Å². The highest BCUT2D eigenvalue weighted by molar-refractivity contribution is 6.35. The Bertz CT molecular complexity index is 355. The molecule has 0 saturated heterocycles. The van der Waals surface area contributed by atoms with Gasteiger partial charge in [0.25, 0.3) is 5.91 Å². The maximum atomic E-state index is 11.6. The maximum absolute atomic E-state index is 11.6. The van der Waals surface area contributed by atoms with Crippen molar-refractivity contribution in [2.45, 2.75) is 6.42 Å². The fourth-order valence-electron chi connectivity index (χ4n) is 1.05. The van der Waals surface area contributed by atoms with Crippen molar-refractivity contribution in [2.24, 2.45) is 0 Å². The molecule has 0 atom stereocenters. The molecule has 0 aliphatic carbocycles. The molecule has 82 valence electrons. The third-order valence-corrected chi connectivity index (χ3v) is 2.36. The first kappa shape index (κ1) is 12.3. The highest BCUT2D eigenvalue weighted by atomic mass is 35.5. The molecule has 1 amide bonds. The van der Waals surface area contributed by atoms with Crippen molar-refractivity contribution in [3.05, 3.63) is 33.8 Å². The van der Waals surface area contributed by atoms with Gasteiger partial charge in [-0.3, -0.25) is 4.79 Å². The summed E-state index contributed by atoms with van der Waals surface area (Å²) in [5, 5.41) is 12.0. The van der Waals surface area contributed by atoms with E-state index < -0.39 is 0 Å². The molecule has 0 bridgehead atoms. The Hall–Kier alpha value is -0.770. The van der Waals surface area contributed by atoms with Gasteiger partial charge in [-0.15, -0.1) is 0 Å². The molecule has 0 aromatic heterocycles. The van der Waals surface area contributed by atoms with E-state index >= 15 is 0 Å². The Morgan fingerprint density at radius 3 is 2.80 bits per heavy atom. The highest BCUT2D eigenvalue weighted by Gasteiger charge is 2.09. The summed E-state index contributed by atoms with van der Waals surface area (Å²) in [6, 6.07) is 4.71. The zero-order valence-corrected chi connectivity index (χ0v) is 9.48. The summed E-state index contributed by atoms with van der Waals surface area (Å²) in [5.74, 6) is -0.282. The second-order valence-electron chi connectivity index (χ2n) is 2.96. The third kappa shape index (κ3) is 3.70. The van der Waals surface area contributed by atoms with Gasteiger partial charge in [0, 0.05) is 18.2 Å². The molecular formula is C10H11Cl2NO2. The summed E-state index contributed by atoms with van der Waals surface area (Å²) in [4.78, 5) is 11.6. The lowest BCUT2D eigenvalue weighted by molar-refractivity contribution is 0.0951. The summed E-state index contributed by atoms with van der Waals surface area (Å²) < 4.78 is 0. The Kier molecular flexibility index (Phi) is 4.88. The minimum Gasteiger partial charge on any atom is -0.396 e. The van der Waals surface area contributed by atoms with Gasteiger partial charge in [-0.1, -0.05) is 23.2 Å². The second-order valence-corrected chi connectivity index (χ2v) is 3.80. The molecule has 0 radical (unpaired) electrons. The molecule has 0 saturated carbocycles. The summed E-state index contributed by atoms with van der Waals surface area (Å²) in [6.45, 7) is 0.460. The number of amides is 1. The quantitative estimate of drug-likeness (QED) is 0.801. The van der Waals surface area contributed by atoms with Crippen LogP contribution in [0.15, 0.2) is 18.2 Å². The van der Waals surface area contributed by atoms with Crippen LogP contribution in [0.4, 0.5) is 0 Å². The van der Waals surface area contributed by atoms with E-state index in [0.29, 0.717) is 28.6 Å². The molecule has 0 fully saturated rings. The number of hydrogen-bond donors (Lipinski definition) is 2. The predicted octanol–water partition coefficient (Wildman–Crippen LogP) is 2.11. The standard InChI is InChI=1S/C10H11Cl2NO2/c11-7-2-3-9(12)8(6-7)10(15)13-4-1-5-14/h2-3,6,14H,1,4-5H2,(H,13,15). The highest BCUT2D eigenvalue weighted by Crippen LogP contribution is 2.20. The smallest absolute Gasteiger partial charge is 0.252 e. The number of nitrogens with one attached hydrogen (secondary N) is 1. The van der Waals surface area contributed by atoms with Crippen molar-refractivity contribution >= 4 is 29.1 Å². The van der Waals surface area contributed by atoms with Crippen LogP contribution in [0.25, 0.3) is 0 Å². The van der Waals surface area contributed by atoms with Crippen LogP contribution < -0.4 is 5.32 Å². The van der Waals surface area contributed by atoms with Gasteiger partial charge in [0.2, 0.25) is 0 Å². The topological polar surface area (TPSA) is 49.3 Å². The van der Waals surface area contributed by atoms with Gasteiger partial charge in [0.15, 0.2) is 0 Å². The van der Waals surface area contributed by atoms with E-state index in [-0.39, 0.29) is 12.5 Å². The SMILES string of the molecule is O=C(NCCCO)c1cc(Cl)ccc1Cl. The van der Waals surface area contributed by atoms with E-state index in [1.807, 2.05) is 0 Å². The Morgan fingerprint density at radius 2 is 2.13 bits per heavy atom. The van der Waals surface area contributed by atoms with E-state index in [9.17, 15) is 4.79 Å². The largest absolute Gasteiger partial charge is 0.396 e. The number of hydrogen-bond acceptors (Lipinski definition) is 2. The summed E-state index contributed by atoms with van der Waals surface area (Å²) >= 11 is 11.6. The molecule has 5 heteroatoms. The van der Waals surface area contributed by atoms with Gasteiger partial charge in [0.1, 0.15) is 0 Å². The number of benzene rings is 1. The zero-order chi connectivity index (χ0) is 11.3. The first-order valence-electron chi connectivity index (χ1n) is 4.49. The van der Waals surface area contributed by atoms with Crippen molar-refractivity contribution < 1.29 is 9.90 Å². The minimum atomic E-state index is -0.282. The third-order valence-electron chi connectivity index (χ3n) is 1.79. The van der Waals surface area contributed by atoms with Crippen LogP contribution in [0.5, 0.6) is 0 Å². The lowest BCUT2D eigenvalue weighted by Crippen LogP contribution is -2.25. The van der Waals surface area contributed by atoms with Gasteiger partial charge in [-0.25, -0.2) is 0 Å². The van der Waals surface area contributed by atoms with Gasteiger partial charge in [-0.2, -0.15) is 0 Å². The minimum absolute atomic E-state index is 0.0452. The number of rotatable bonds is 4. The molecule has 1 rings (SSSR count). The van der Waals surface area contributed by atoms with Crippen LogP contribution in [0.3, 0.4) is 0 Å². The van der Waals surface area contributed by atoms with E-state index in [1.165, 1.54) is 6.07 Å². The second kappa shape index (κ2) is 5.95. The molecule has 2 N–H and O–H groups in total. The maximum Gasteiger partial charge on any atom is 0.252 e. The average molecular weight is 248 g/mol. The van der Waals surface area contributed by atoms with Crippen molar-refractivity contribution in [1.29, 1.82) is 0 Å². The molecule has 0 aliphatic heterocycles. The van der Waals surface area contributed by atoms with Crippen LogP contribution >= 0.6 is 23.2 Å². The van der Waals surface area contributed by atoms with Gasteiger partial charge in [0.05, 0.1) is 10.6 Å². The molecule has 0 spiro atoms. The zero-order valence-electron chi connectivity index (χ0n) is 7.96. The Morgan fingerprint density at radius 1 is 1.40 bits per heavy atom. The van der Waals surface area contributed by atoms with Crippen molar-refractivity contribution in [2.75, 3.05) is 13.2 Å². The molecule has 15 heavy (non-hydrogen) atoms. The first-order valence-corrected chi connectivity index (χ1v) is 5.25. The normalized spacial score (nSPS) is 10.1. The van der Waals surface area contributed by atoms with E-state index in [0.717, 1.165) is 0 Å². The van der Waals surface area contributed by atoms with Gasteiger partial charge >= 0.3 is 0 Å². The van der Waals surface area contributed by atoms with E-state index in [2.05, 4.69) is 5.32 Å². The Labute approximate surface area is 98.0 Å². The van der Waals surface area contributed by atoms with E-state index in [4.69, 9.17) is 28.3 Å². The van der Waals surface area contributed by atoms with Crippen LogP contribution in [0.2, 0.25) is 10.0 Å². The van der Waals surface area contributed by atoms with Crippen molar-refractivity contribution in [3.63, 3.8) is 0 Å². The number of aliphatic hydroxyl groups is 1. The molecule has 0 aliphatic rings. The van der Waals surface area contributed by atoms with Crippen LogP contribution in [-0.2, 0) is 0 Å². The lowest BCUT2D eigenvalue weighted by Gasteiger charge is -2.06. The Balaban J connectivity index is 2.68. The van der Waals surface area contributed by atoms with Crippen LogP contribution in [-0.4, -0.2) is 24.2 Å². The predicted molar refractivity (Wildman–Crippen MR) is 60.5 cm³/mol. The number of carbonyl (C=O) groups excluding carboxylic acids is 1. The molecule has 1 aromatic rings. The molecule has 0 heterocycles. The fraction of sp³-hybridized carbons (Fsp3) is 0.300. The first-order chi connectivity index (χ1) is 7.15. The summed E-state index contributed by atoms with van der Waals surface area (Å²) in [6.07, 6.45) is 0.518. The number of aliphatic hydroxyl groups excluding tert-OH is 1. The molecule has 3 nitrogen and oxygen atoms in total. The summed E-state index contributed by atoms with van der Waals surface area (Å²) in [5.41, 5.74) is 0.349. The monoisotopic (exact) mass is 247 g/mol. The lowest BCUT2D eigenvalue weighted by atomic mass is 10.2. The molecule has 1 aromatic carbocycles. The van der Waals surface area contributed by atoms with Gasteiger partial charge < -0.3 is 10.4 Å². The number of carbonyl (C=O) groups is 1. The average Bonchev–Trinajstić information content (AvgIpc) is 2.22. The molecular weight excluding hydrogens is 237 g/mol. The van der Waals surface area contributed by atoms with Gasteiger partial charge in [-0.05, 0) is 24.6 Å². The molecule has 0 unspecified atom stereocenters. The van der Waals surface area contributed by atoms with Crippen molar-refractivity contribution in [1.82, 2.24) is 5.32 Å². The van der Waals surface area contributed by atoms with Crippen LogP contribution in [0.1, 0.15) is 16.8 Å². The fourth-order valence-corrected chi connectivity index (χ4v) is 1.42. The summed E-state index contributed by atoms with van der Waals surface area (Å²) in [7, 11) is 0.